The highest BCUT2D eigenvalue weighted by Gasteiger charge is 2.70. The molecule has 4 rings (SSSR count). The van der Waals surface area contributed by atoms with Crippen LogP contribution >= 0.6 is 15.9 Å². The quantitative estimate of drug-likeness (QED) is 0.365. The van der Waals surface area contributed by atoms with Gasteiger partial charge < -0.3 is 14.6 Å². The fraction of sp³-hybridized carbons (Fsp3) is 0.833. The Morgan fingerprint density at radius 2 is 1.90 bits per heavy atom. The summed E-state index contributed by atoms with van der Waals surface area (Å²) in [7, 11) is 0. The monoisotopic (exact) mass is 482 g/mol. The maximum Gasteiger partial charge on any atom is 0.302 e. The Kier molecular flexibility index (Phi) is 5.45. The van der Waals surface area contributed by atoms with E-state index in [1.165, 1.54) is 19.4 Å². The topological polar surface area (TPSA) is 72.8 Å². The van der Waals surface area contributed by atoms with E-state index in [4.69, 9.17) is 9.47 Å². The number of aliphatic hydroxyl groups excluding tert-OH is 1. The number of fused-ring (bicyclic) bond motifs is 5. The third kappa shape index (κ3) is 3.46. The molecule has 4 aliphatic rings. The molecule has 0 spiro atoms. The van der Waals surface area contributed by atoms with Gasteiger partial charge in [-0.3, -0.25) is 9.59 Å². The number of carbonyl (C=O) groups is 2. The number of halogens is 1. The van der Waals surface area contributed by atoms with Gasteiger partial charge in [0, 0.05) is 25.7 Å². The molecule has 0 aromatic carbocycles. The zero-order valence-corrected chi connectivity index (χ0v) is 20.3. The number of alkyl halides is 1. The Morgan fingerprint density at radius 3 is 2.53 bits per heavy atom. The molecule has 30 heavy (non-hydrogen) atoms. The molecular formula is C24H35BrO5. The molecule has 3 saturated carbocycles. The number of ether oxygens (including phenoxy) is 2. The van der Waals surface area contributed by atoms with Crippen LogP contribution in [0, 0.1) is 34.0 Å². The molecule has 0 amide bonds. The van der Waals surface area contributed by atoms with E-state index in [1.54, 1.807) is 0 Å². The van der Waals surface area contributed by atoms with Gasteiger partial charge in [0.15, 0.2) is 0 Å². The summed E-state index contributed by atoms with van der Waals surface area (Å²) in [6.45, 7) is 10.2. The summed E-state index contributed by atoms with van der Waals surface area (Å²) >= 11 is 3.76. The van der Waals surface area contributed by atoms with Crippen molar-refractivity contribution in [2.45, 2.75) is 83.8 Å². The molecule has 6 heteroatoms. The smallest absolute Gasteiger partial charge is 0.302 e. The van der Waals surface area contributed by atoms with E-state index in [2.05, 4.69) is 42.8 Å². The summed E-state index contributed by atoms with van der Waals surface area (Å²) < 4.78 is 11.0. The van der Waals surface area contributed by atoms with Gasteiger partial charge in [0.05, 0.1) is 10.9 Å². The summed E-state index contributed by atoms with van der Waals surface area (Å²) in [5, 5.41) is 11.2. The van der Waals surface area contributed by atoms with E-state index in [0.717, 1.165) is 32.1 Å². The minimum Gasteiger partial charge on any atom is -0.465 e. The predicted octanol–water partition coefficient (Wildman–Crippen LogP) is 4.40. The Bertz CT molecular complexity index is 780. The lowest BCUT2D eigenvalue weighted by atomic mass is 9.48. The predicted molar refractivity (Wildman–Crippen MR) is 117 cm³/mol. The summed E-state index contributed by atoms with van der Waals surface area (Å²) in [5.41, 5.74) is 1.36. The molecule has 3 fully saturated rings. The number of carbonyl (C=O) groups excluding carboxylic acids is 2. The molecule has 5 nitrogen and oxygen atoms in total. The van der Waals surface area contributed by atoms with Crippen LogP contribution in [0.1, 0.15) is 66.7 Å². The Morgan fingerprint density at radius 1 is 1.20 bits per heavy atom. The van der Waals surface area contributed by atoms with Gasteiger partial charge in [-0.25, -0.2) is 0 Å². The number of aliphatic hydroxyl groups is 1. The highest BCUT2D eigenvalue weighted by atomic mass is 79.9. The molecule has 0 saturated heterocycles. The van der Waals surface area contributed by atoms with Crippen LogP contribution in [0.2, 0.25) is 0 Å². The average Bonchev–Trinajstić information content (AvgIpc) is 3.34. The third-order valence-electron chi connectivity index (χ3n) is 8.97. The van der Waals surface area contributed by atoms with Crippen LogP contribution in [0.15, 0.2) is 11.6 Å². The van der Waals surface area contributed by atoms with Crippen molar-refractivity contribution in [3.63, 3.8) is 0 Å². The SMILES string of the molecule is CC(=O)OCC(Br)C1(C)CC=C2C(C1)C(O)CC1C2(C)CC(OC(C)=O)C2CC21C. The molecule has 0 heterocycles. The van der Waals surface area contributed by atoms with Crippen molar-refractivity contribution < 1.29 is 24.2 Å². The number of allylic oxidation sites excluding steroid dienone is 1. The highest BCUT2D eigenvalue weighted by Crippen LogP contribution is 2.74. The van der Waals surface area contributed by atoms with E-state index < -0.39 is 0 Å². The van der Waals surface area contributed by atoms with Gasteiger partial charge in [-0.05, 0) is 54.3 Å². The number of hydrogen-bond donors (Lipinski definition) is 1. The molecule has 0 radical (unpaired) electrons. The summed E-state index contributed by atoms with van der Waals surface area (Å²) in [6.07, 6.45) is 6.46. The first-order chi connectivity index (χ1) is 13.9. The molecule has 168 valence electrons. The van der Waals surface area contributed by atoms with Gasteiger partial charge in [0.25, 0.3) is 0 Å². The van der Waals surface area contributed by atoms with Gasteiger partial charge in [0.2, 0.25) is 0 Å². The standard InChI is InChI=1S/C24H35BrO5/c1-13(26)29-12-21(25)22(3)7-6-16-15(9-22)18(28)8-20-23(4)10-17(23)19(30-14(2)27)11-24(16,20)5/h6,15,17-21,28H,7-12H2,1-5H3. The maximum atomic E-state index is 11.7. The normalized spacial score (nSPS) is 47.7. The van der Waals surface area contributed by atoms with Crippen molar-refractivity contribution in [2.24, 2.45) is 34.0 Å². The molecule has 9 atom stereocenters. The van der Waals surface area contributed by atoms with Crippen LogP contribution in [0.4, 0.5) is 0 Å². The van der Waals surface area contributed by atoms with Crippen LogP contribution in [0.5, 0.6) is 0 Å². The minimum absolute atomic E-state index is 0.0215. The van der Waals surface area contributed by atoms with Gasteiger partial charge in [-0.2, -0.15) is 0 Å². The van der Waals surface area contributed by atoms with Gasteiger partial charge in [0.1, 0.15) is 12.7 Å². The molecule has 0 aromatic rings. The first-order valence-corrected chi connectivity index (χ1v) is 12.2. The second-order valence-electron chi connectivity index (χ2n) is 11.0. The number of hydrogen-bond acceptors (Lipinski definition) is 5. The van der Waals surface area contributed by atoms with Crippen molar-refractivity contribution in [3.05, 3.63) is 11.6 Å². The van der Waals surface area contributed by atoms with Crippen molar-refractivity contribution in [3.8, 4) is 0 Å². The van der Waals surface area contributed by atoms with Crippen LogP contribution < -0.4 is 0 Å². The van der Waals surface area contributed by atoms with Crippen LogP contribution in [-0.4, -0.2) is 40.7 Å². The molecule has 0 aliphatic heterocycles. The second kappa shape index (κ2) is 7.33. The average molecular weight is 483 g/mol. The van der Waals surface area contributed by atoms with E-state index in [0.29, 0.717) is 18.4 Å². The third-order valence-corrected chi connectivity index (χ3v) is 10.3. The lowest BCUT2D eigenvalue weighted by Crippen LogP contribution is -2.55. The van der Waals surface area contributed by atoms with Crippen LogP contribution in [0.25, 0.3) is 0 Å². The zero-order chi connectivity index (χ0) is 22.1. The number of rotatable bonds is 4. The van der Waals surface area contributed by atoms with Gasteiger partial charge in [-0.1, -0.05) is 48.4 Å². The summed E-state index contributed by atoms with van der Waals surface area (Å²) in [4.78, 5) is 23.0. The lowest BCUT2D eigenvalue weighted by molar-refractivity contribution is -0.156. The molecule has 0 aromatic heterocycles. The molecule has 0 bridgehead atoms. The lowest BCUT2D eigenvalue weighted by Gasteiger charge is -2.58. The van der Waals surface area contributed by atoms with Crippen molar-refractivity contribution in [1.82, 2.24) is 0 Å². The zero-order valence-electron chi connectivity index (χ0n) is 18.7. The van der Waals surface area contributed by atoms with Gasteiger partial charge >= 0.3 is 11.9 Å². The Balaban J connectivity index is 1.62. The van der Waals surface area contributed by atoms with Crippen molar-refractivity contribution in [1.29, 1.82) is 0 Å². The fourth-order valence-electron chi connectivity index (χ4n) is 7.23. The largest absolute Gasteiger partial charge is 0.465 e. The maximum absolute atomic E-state index is 11.7. The van der Waals surface area contributed by atoms with E-state index in [1.807, 2.05) is 0 Å². The number of esters is 2. The van der Waals surface area contributed by atoms with Gasteiger partial charge in [-0.15, -0.1) is 0 Å². The highest BCUT2D eigenvalue weighted by molar-refractivity contribution is 9.09. The molecular weight excluding hydrogens is 448 g/mol. The first kappa shape index (κ1) is 22.3. The van der Waals surface area contributed by atoms with Crippen LogP contribution in [-0.2, 0) is 19.1 Å². The van der Waals surface area contributed by atoms with E-state index in [-0.39, 0.29) is 51.1 Å². The first-order valence-electron chi connectivity index (χ1n) is 11.2. The van der Waals surface area contributed by atoms with Crippen molar-refractivity contribution >= 4 is 27.9 Å². The Hall–Kier alpha value is -0.880. The molecule has 4 aliphatic carbocycles. The molecule has 9 unspecified atom stereocenters. The Labute approximate surface area is 188 Å². The van der Waals surface area contributed by atoms with E-state index in [9.17, 15) is 14.7 Å². The summed E-state index contributed by atoms with van der Waals surface area (Å²) in [6, 6.07) is 0. The summed E-state index contributed by atoms with van der Waals surface area (Å²) in [5.74, 6) is 0.479. The van der Waals surface area contributed by atoms with Crippen LogP contribution in [0.3, 0.4) is 0 Å². The van der Waals surface area contributed by atoms with E-state index >= 15 is 0 Å². The minimum atomic E-state index is -0.356. The fourth-order valence-corrected chi connectivity index (χ4v) is 7.74. The van der Waals surface area contributed by atoms with Crippen molar-refractivity contribution in [2.75, 3.05) is 6.61 Å². The second-order valence-corrected chi connectivity index (χ2v) is 12.1. The molecule has 1 N–H and O–H groups in total.